The first-order chi connectivity index (χ1) is 19.9. The zero-order valence-electron chi connectivity index (χ0n) is 24.2. The second kappa shape index (κ2) is 13.6. The Balaban J connectivity index is 1.94. The molecule has 1 fully saturated rings. The Morgan fingerprint density at radius 2 is 1.70 bits per heavy atom. The minimum atomic E-state index is -3.81. The second-order valence-corrected chi connectivity index (χ2v) is 13.9. The van der Waals surface area contributed by atoms with Gasteiger partial charge in [0.2, 0.25) is 5.95 Å². The minimum absolute atomic E-state index is 0.202. The lowest BCUT2D eigenvalue weighted by atomic mass is 9.96. The molecule has 0 unspecified atom stereocenters. The molecule has 2 aromatic heterocycles. The summed E-state index contributed by atoms with van der Waals surface area (Å²) in [6.07, 6.45) is -9.39. The van der Waals surface area contributed by atoms with E-state index in [1.54, 1.807) is 27.7 Å². The molecule has 3 heterocycles. The normalized spacial score (nSPS) is 24.2. The molecule has 0 amide bonds. The van der Waals surface area contributed by atoms with Crippen molar-refractivity contribution in [3.8, 4) is 0 Å². The minimum Gasteiger partial charge on any atom is -0.462 e. The summed E-state index contributed by atoms with van der Waals surface area (Å²) < 4.78 is 52.0. The molecule has 1 saturated heterocycles. The van der Waals surface area contributed by atoms with E-state index in [0.717, 1.165) is 10.9 Å². The van der Waals surface area contributed by atoms with E-state index in [2.05, 4.69) is 25.1 Å². The molecule has 6 atom stereocenters. The fourth-order valence-electron chi connectivity index (χ4n) is 4.11. The standard InChI is InChI=1S/C23H36F2N7O9PS/c1-9(2)39-19(36)11(5)30-42(43,31-12(6)20(37)40-10(3)4)38-7-23(21(24)25)15(34)14(33)18(41-23)32-8-27-13-16(32)28-22(26)29-17(13)35/h8-12,14-15,18,21,33-34H,7H2,1-6H3,(H2,30,31,43)(H3,26,28,29,35)/t11-,12-,14+,15+,18+,23+/m0/s1. The van der Waals surface area contributed by atoms with E-state index < -0.39 is 85.4 Å². The van der Waals surface area contributed by atoms with Crippen LogP contribution in [0.3, 0.4) is 0 Å². The molecule has 3 rings (SSSR count). The van der Waals surface area contributed by atoms with Crippen LogP contribution in [-0.4, -0.2) is 96.8 Å². The highest BCUT2D eigenvalue weighted by molar-refractivity contribution is 8.10. The van der Waals surface area contributed by atoms with Crippen LogP contribution in [0.25, 0.3) is 11.2 Å². The lowest BCUT2D eigenvalue weighted by Crippen LogP contribution is -2.53. The smallest absolute Gasteiger partial charge is 0.323 e. The monoisotopic (exact) mass is 655 g/mol. The van der Waals surface area contributed by atoms with Crippen LogP contribution < -0.4 is 21.5 Å². The molecular weight excluding hydrogens is 619 g/mol. The average molecular weight is 656 g/mol. The molecule has 16 nitrogen and oxygen atoms in total. The van der Waals surface area contributed by atoms with Crippen LogP contribution in [-0.2, 0) is 40.1 Å². The number of carbonyl (C=O) groups excluding carboxylic acids is 2. The number of halogens is 2. The van der Waals surface area contributed by atoms with Gasteiger partial charge < -0.3 is 34.7 Å². The lowest BCUT2D eigenvalue weighted by Gasteiger charge is -2.35. The summed E-state index contributed by atoms with van der Waals surface area (Å²) in [5.41, 5.74) is 1.56. The molecule has 0 spiro atoms. The quantitative estimate of drug-likeness (QED) is 0.124. The number of carbonyl (C=O) groups is 2. The molecule has 2 aromatic rings. The highest BCUT2D eigenvalue weighted by atomic mass is 32.4. The number of esters is 2. The summed E-state index contributed by atoms with van der Waals surface area (Å²) >= 11 is 5.59. The topological polar surface area (TPSA) is 225 Å². The summed E-state index contributed by atoms with van der Waals surface area (Å²) in [6.45, 7) is 4.33. The van der Waals surface area contributed by atoms with Crippen molar-refractivity contribution >= 4 is 47.4 Å². The van der Waals surface area contributed by atoms with E-state index >= 15 is 0 Å². The number of anilines is 1. The number of nitrogens with zero attached hydrogens (tertiary/aromatic N) is 3. The number of aliphatic hydroxyl groups excluding tert-OH is 2. The fraction of sp³-hybridized carbons (Fsp3) is 0.696. The van der Waals surface area contributed by atoms with Crippen molar-refractivity contribution in [1.82, 2.24) is 29.7 Å². The van der Waals surface area contributed by atoms with E-state index in [4.69, 9.17) is 36.3 Å². The van der Waals surface area contributed by atoms with E-state index in [1.807, 2.05) is 0 Å². The summed E-state index contributed by atoms with van der Waals surface area (Å²) in [7, 11) is 0. The predicted molar refractivity (Wildman–Crippen MR) is 151 cm³/mol. The summed E-state index contributed by atoms with van der Waals surface area (Å²) in [5, 5.41) is 27.1. The maximum atomic E-state index is 14.7. The first kappa shape index (κ1) is 34.8. The molecule has 20 heteroatoms. The van der Waals surface area contributed by atoms with E-state index in [1.165, 1.54) is 13.8 Å². The van der Waals surface area contributed by atoms with Crippen molar-refractivity contribution in [2.24, 2.45) is 0 Å². The highest BCUT2D eigenvalue weighted by Gasteiger charge is 2.61. The molecule has 242 valence electrons. The Morgan fingerprint density at radius 3 is 2.19 bits per heavy atom. The number of nitrogen functional groups attached to an aromatic ring is 1. The molecular formula is C23H36F2N7O9PS. The van der Waals surface area contributed by atoms with Crippen LogP contribution in [0.5, 0.6) is 0 Å². The van der Waals surface area contributed by atoms with Gasteiger partial charge in [-0.05, 0) is 53.3 Å². The van der Waals surface area contributed by atoms with E-state index in [-0.39, 0.29) is 17.1 Å². The number of alkyl halides is 2. The number of rotatable bonds is 13. The fourth-order valence-corrected chi connectivity index (χ4v) is 7.05. The zero-order valence-corrected chi connectivity index (χ0v) is 25.9. The lowest BCUT2D eigenvalue weighted by molar-refractivity contribution is -0.190. The third-order valence-corrected chi connectivity index (χ3v) is 9.06. The van der Waals surface area contributed by atoms with E-state index in [0.29, 0.717) is 0 Å². The maximum Gasteiger partial charge on any atom is 0.323 e. The summed E-state index contributed by atoms with van der Waals surface area (Å²) in [5.74, 6) is -1.79. The number of imidazole rings is 1. The molecule has 0 bridgehead atoms. The van der Waals surface area contributed by atoms with Crippen molar-refractivity contribution in [3.63, 3.8) is 0 Å². The molecule has 7 N–H and O–H groups in total. The summed E-state index contributed by atoms with van der Waals surface area (Å²) in [4.78, 5) is 47.2. The first-order valence-electron chi connectivity index (χ1n) is 13.2. The Hall–Kier alpha value is -2.64. The van der Waals surface area contributed by atoms with E-state index in [9.17, 15) is 33.4 Å². The number of aromatic amines is 1. The summed E-state index contributed by atoms with van der Waals surface area (Å²) in [6, 6.07) is -2.26. The van der Waals surface area contributed by atoms with Gasteiger partial charge >= 0.3 is 11.9 Å². The SMILES string of the molecule is CC(C)OC(=O)[C@H](C)NP(=S)(N[C@@H](C)C(=O)OC(C)C)OC[C@@]1(C(F)F)O[C@@H](n2cnc3c(=O)[nH]c(N)nc32)[C@H](O)[C@H]1O. The van der Waals surface area contributed by atoms with Crippen LogP contribution in [0.15, 0.2) is 11.1 Å². The van der Waals surface area contributed by atoms with Crippen molar-refractivity contribution in [1.29, 1.82) is 0 Å². The van der Waals surface area contributed by atoms with Crippen LogP contribution in [0.2, 0.25) is 0 Å². The maximum absolute atomic E-state index is 14.7. The molecule has 0 saturated carbocycles. The number of aromatic nitrogens is 4. The van der Waals surface area contributed by atoms with Gasteiger partial charge in [-0.2, -0.15) is 4.98 Å². The number of hydrogen-bond donors (Lipinski definition) is 6. The number of fused-ring (bicyclic) bond motifs is 1. The van der Waals surface area contributed by atoms with Gasteiger partial charge in [-0.3, -0.25) is 23.9 Å². The number of ether oxygens (including phenoxy) is 3. The van der Waals surface area contributed by atoms with Gasteiger partial charge in [-0.15, -0.1) is 0 Å². The predicted octanol–water partition coefficient (Wildman–Crippen LogP) is 0.0568. The van der Waals surface area contributed by atoms with Gasteiger partial charge in [0.15, 0.2) is 29.6 Å². The number of nitrogens with two attached hydrogens (primary N) is 1. The number of aliphatic hydroxyl groups is 2. The van der Waals surface area contributed by atoms with Gasteiger partial charge in [0.05, 0.1) is 25.1 Å². The van der Waals surface area contributed by atoms with Crippen LogP contribution in [0, 0.1) is 0 Å². The molecule has 0 radical (unpaired) electrons. The zero-order chi connectivity index (χ0) is 32.4. The molecule has 0 aromatic carbocycles. The average Bonchev–Trinajstić information content (AvgIpc) is 3.41. The molecule has 1 aliphatic heterocycles. The Labute approximate surface area is 249 Å². The van der Waals surface area contributed by atoms with Gasteiger partial charge in [0.25, 0.3) is 12.0 Å². The Morgan fingerprint density at radius 1 is 1.16 bits per heavy atom. The molecule has 1 aliphatic rings. The van der Waals surface area contributed by atoms with Crippen molar-refractivity contribution < 1.29 is 47.3 Å². The number of H-pyrrole nitrogens is 1. The third-order valence-electron chi connectivity index (χ3n) is 6.16. The van der Waals surface area contributed by atoms with Crippen LogP contribution in [0.4, 0.5) is 14.7 Å². The highest BCUT2D eigenvalue weighted by Crippen LogP contribution is 2.47. The molecule has 0 aliphatic carbocycles. The molecule has 43 heavy (non-hydrogen) atoms. The van der Waals surface area contributed by atoms with Crippen LogP contribution in [0.1, 0.15) is 47.8 Å². The van der Waals surface area contributed by atoms with Gasteiger partial charge in [-0.25, -0.2) is 23.9 Å². The Kier molecular flexibility index (Phi) is 11.0. The first-order valence-corrected chi connectivity index (χ1v) is 15.9. The van der Waals surface area contributed by atoms with Crippen molar-refractivity contribution in [2.75, 3.05) is 12.3 Å². The largest absolute Gasteiger partial charge is 0.462 e. The number of hydrogen-bond acceptors (Lipinski definition) is 13. The van der Waals surface area contributed by atoms with Crippen molar-refractivity contribution in [2.45, 2.75) is 96.3 Å². The second-order valence-electron chi connectivity index (χ2n) is 10.5. The van der Waals surface area contributed by atoms with Crippen molar-refractivity contribution in [3.05, 3.63) is 16.7 Å². The van der Waals surface area contributed by atoms with Gasteiger partial charge in [0, 0.05) is 0 Å². The number of nitrogens with one attached hydrogen (secondary N) is 3. The Bertz CT molecular complexity index is 1390. The van der Waals surface area contributed by atoms with Gasteiger partial charge in [0.1, 0.15) is 24.3 Å². The van der Waals surface area contributed by atoms with Crippen LogP contribution >= 0.6 is 6.57 Å². The third kappa shape index (κ3) is 7.72. The van der Waals surface area contributed by atoms with Gasteiger partial charge in [-0.1, -0.05) is 0 Å².